The van der Waals surface area contributed by atoms with E-state index in [1.54, 1.807) is 18.8 Å². The number of nitrogens with one attached hydrogen (secondary N) is 1. The number of fused-ring (bicyclic) bond motifs is 1. The SMILES string of the molecule is CNC(C)(CC(C)Sc1nnc2n1CCCCC2)C(N)=O. The molecule has 0 fully saturated rings. The molecule has 0 bridgehead atoms. The lowest BCUT2D eigenvalue weighted by atomic mass is 9.95. The van der Waals surface area contributed by atoms with Crippen molar-refractivity contribution in [1.82, 2.24) is 20.1 Å². The molecule has 6 nitrogen and oxygen atoms in total. The van der Waals surface area contributed by atoms with Gasteiger partial charge in [0.05, 0.1) is 5.54 Å². The van der Waals surface area contributed by atoms with Crippen LogP contribution in [0.25, 0.3) is 0 Å². The summed E-state index contributed by atoms with van der Waals surface area (Å²) in [6.45, 7) is 4.94. The maximum atomic E-state index is 11.6. The van der Waals surface area contributed by atoms with Crippen molar-refractivity contribution in [3.63, 3.8) is 0 Å². The number of thioether (sulfide) groups is 1. The number of nitrogens with two attached hydrogens (primary N) is 1. The first-order valence-electron chi connectivity index (χ1n) is 7.54. The molecule has 2 atom stereocenters. The molecular weight excluding hydrogens is 286 g/mol. The fraction of sp³-hybridized carbons (Fsp3) is 0.786. The summed E-state index contributed by atoms with van der Waals surface area (Å²) < 4.78 is 2.23. The number of carbonyl (C=O) groups excluding carboxylic acids is 1. The Hall–Kier alpha value is -1.08. The van der Waals surface area contributed by atoms with Gasteiger partial charge in [0.1, 0.15) is 5.82 Å². The van der Waals surface area contributed by atoms with Crippen molar-refractivity contribution in [1.29, 1.82) is 0 Å². The molecule has 2 rings (SSSR count). The van der Waals surface area contributed by atoms with Crippen LogP contribution in [0.2, 0.25) is 0 Å². The van der Waals surface area contributed by atoms with Crippen LogP contribution in [0.3, 0.4) is 0 Å². The largest absolute Gasteiger partial charge is 0.368 e. The summed E-state index contributed by atoms with van der Waals surface area (Å²) in [6.07, 6.45) is 5.30. The Balaban J connectivity index is 2.05. The quantitative estimate of drug-likeness (QED) is 0.774. The van der Waals surface area contributed by atoms with Gasteiger partial charge in [-0.15, -0.1) is 10.2 Å². The third-order valence-corrected chi connectivity index (χ3v) is 5.26. The van der Waals surface area contributed by atoms with Gasteiger partial charge < -0.3 is 15.6 Å². The molecule has 0 aromatic carbocycles. The summed E-state index contributed by atoms with van der Waals surface area (Å²) in [5.74, 6) is 0.769. The molecule has 2 unspecified atom stereocenters. The lowest BCUT2D eigenvalue weighted by Crippen LogP contribution is -2.52. The van der Waals surface area contributed by atoms with E-state index in [1.165, 1.54) is 19.3 Å². The molecule has 3 N–H and O–H groups in total. The zero-order valence-corrected chi connectivity index (χ0v) is 13.9. The number of primary amides is 1. The molecule has 118 valence electrons. The summed E-state index contributed by atoms with van der Waals surface area (Å²) in [5, 5.41) is 12.8. The molecule has 0 saturated heterocycles. The number of carbonyl (C=O) groups is 1. The van der Waals surface area contributed by atoms with Crippen molar-refractivity contribution >= 4 is 17.7 Å². The number of aromatic nitrogens is 3. The van der Waals surface area contributed by atoms with Crippen molar-refractivity contribution in [2.75, 3.05) is 7.05 Å². The minimum Gasteiger partial charge on any atom is -0.368 e. The second kappa shape index (κ2) is 6.79. The Bertz CT molecular complexity index is 504. The summed E-state index contributed by atoms with van der Waals surface area (Å²) in [7, 11) is 1.77. The highest BCUT2D eigenvalue weighted by atomic mass is 32.2. The first kappa shape index (κ1) is 16.3. The second-order valence-corrected chi connectivity index (χ2v) is 7.35. The minimum atomic E-state index is -0.686. The number of hydrogen-bond acceptors (Lipinski definition) is 5. The van der Waals surface area contributed by atoms with Crippen LogP contribution in [0.1, 0.15) is 45.4 Å². The van der Waals surface area contributed by atoms with E-state index >= 15 is 0 Å². The van der Waals surface area contributed by atoms with Crippen LogP contribution in [0, 0.1) is 0 Å². The predicted molar refractivity (Wildman–Crippen MR) is 84.2 cm³/mol. The normalized spacial score (nSPS) is 19.4. The first-order valence-corrected chi connectivity index (χ1v) is 8.42. The van der Waals surface area contributed by atoms with Crippen molar-refractivity contribution in [2.45, 2.75) is 68.4 Å². The van der Waals surface area contributed by atoms with E-state index in [4.69, 9.17) is 5.73 Å². The lowest BCUT2D eigenvalue weighted by Gasteiger charge is -2.28. The Kier molecular flexibility index (Phi) is 5.27. The van der Waals surface area contributed by atoms with Crippen molar-refractivity contribution in [3.8, 4) is 0 Å². The number of rotatable bonds is 6. The Morgan fingerprint density at radius 2 is 2.24 bits per heavy atom. The van der Waals surface area contributed by atoms with E-state index in [1.807, 2.05) is 6.92 Å². The molecule has 0 radical (unpaired) electrons. The molecule has 1 aliphatic rings. The fourth-order valence-electron chi connectivity index (χ4n) is 2.67. The highest BCUT2D eigenvalue weighted by molar-refractivity contribution is 7.99. The Labute approximate surface area is 130 Å². The van der Waals surface area contributed by atoms with Crippen molar-refractivity contribution < 1.29 is 4.79 Å². The van der Waals surface area contributed by atoms with Gasteiger partial charge in [0.2, 0.25) is 5.91 Å². The third-order valence-electron chi connectivity index (χ3n) is 4.17. The molecule has 1 aromatic heterocycles. The fourth-order valence-corrected chi connectivity index (χ4v) is 3.86. The van der Waals surface area contributed by atoms with Gasteiger partial charge in [-0.05, 0) is 33.2 Å². The van der Waals surface area contributed by atoms with E-state index in [2.05, 4.69) is 27.0 Å². The summed E-state index contributed by atoms with van der Waals surface area (Å²) in [5.41, 5.74) is 4.80. The number of aryl methyl sites for hydroxylation is 1. The molecule has 1 aliphatic heterocycles. The van der Waals surface area contributed by atoms with E-state index in [0.717, 1.165) is 23.9 Å². The Morgan fingerprint density at radius 3 is 2.90 bits per heavy atom. The average Bonchev–Trinajstić information content (AvgIpc) is 2.67. The molecule has 0 spiro atoms. The number of hydrogen-bond donors (Lipinski definition) is 2. The molecule has 7 heteroatoms. The summed E-state index contributed by atoms with van der Waals surface area (Å²) >= 11 is 1.68. The molecular formula is C14H25N5OS. The van der Waals surface area contributed by atoms with Crippen LogP contribution in [-0.4, -0.2) is 38.5 Å². The van der Waals surface area contributed by atoms with Gasteiger partial charge in [0.25, 0.3) is 0 Å². The zero-order valence-electron chi connectivity index (χ0n) is 13.1. The minimum absolute atomic E-state index is 0.228. The van der Waals surface area contributed by atoms with Crippen molar-refractivity contribution in [2.24, 2.45) is 5.73 Å². The van der Waals surface area contributed by atoms with Gasteiger partial charge in [-0.3, -0.25) is 4.79 Å². The predicted octanol–water partition coefficient (Wildman–Crippen LogP) is 1.34. The average molecular weight is 311 g/mol. The Morgan fingerprint density at radius 1 is 1.48 bits per heavy atom. The van der Waals surface area contributed by atoms with Crippen LogP contribution < -0.4 is 11.1 Å². The number of likely N-dealkylation sites (N-methyl/N-ethyl adjacent to an activating group) is 1. The van der Waals surface area contributed by atoms with Crippen molar-refractivity contribution in [3.05, 3.63) is 5.82 Å². The molecule has 0 saturated carbocycles. The van der Waals surface area contributed by atoms with E-state index < -0.39 is 5.54 Å². The maximum Gasteiger partial charge on any atom is 0.237 e. The number of amides is 1. The van der Waals surface area contributed by atoms with Crippen LogP contribution in [0.4, 0.5) is 0 Å². The van der Waals surface area contributed by atoms with Gasteiger partial charge >= 0.3 is 0 Å². The van der Waals surface area contributed by atoms with Gasteiger partial charge in [-0.25, -0.2) is 0 Å². The van der Waals surface area contributed by atoms with Gasteiger partial charge in [0, 0.05) is 18.2 Å². The maximum absolute atomic E-state index is 11.6. The molecule has 1 aromatic rings. The molecule has 21 heavy (non-hydrogen) atoms. The van der Waals surface area contributed by atoms with E-state index in [-0.39, 0.29) is 11.2 Å². The van der Waals surface area contributed by atoms with E-state index in [0.29, 0.717) is 6.42 Å². The topological polar surface area (TPSA) is 85.8 Å². The summed E-state index contributed by atoms with van der Waals surface area (Å²) in [6, 6.07) is 0. The summed E-state index contributed by atoms with van der Waals surface area (Å²) in [4.78, 5) is 11.6. The van der Waals surface area contributed by atoms with Crippen LogP contribution in [0.15, 0.2) is 5.16 Å². The standard InChI is InChI=1S/C14H25N5OS/c1-10(9-14(2,16-3)12(15)20)21-13-18-17-11-7-5-4-6-8-19(11)13/h10,16H,4-9H2,1-3H3,(H2,15,20). The van der Waals surface area contributed by atoms with Crippen LogP contribution in [-0.2, 0) is 17.8 Å². The highest BCUT2D eigenvalue weighted by Crippen LogP contribution is 2.29. The highest BCUT2D eigenvalue weighted by Gasteiger charge is 2.32. The third kappa shape index (κ3) is 3.77. The van der Waals surface area contributed by atoms with Crippen LogP contribution in [0.5, 0.6) is 0 Å². The second-order valence-electron chi connectivity index (χ2n) is 5.94. The molecule has 1 amide bonds. The molecule has 2 heterocycles. The monoisotopic (exact) mass is 311 g/mol. The van der Waals surface area contributed by atoms with E-state index in [9.17, 15) is 4.79 Å². The number of nitrogens with zero attached hydrogens (tertiary/aromatic N) is 3. The molecule has 0 aliphatic carbocycles. The zero-order chi connectivity index (χ0) is 15.5. The van der Waals surface area contributed by atoms with Gasteiger partial charge in [-0.1, -0.05) is 25.1 Å². The van der Waals surface area contributed by atoms with Gasteiger partial charge in [-0.2, -0.15) is 0 Å². The van der Waals surface area contributed by atoms with Gasteiger partial charge in [0.15, 0.2) is 5.16 Å². The lowest BCUT2D eigenvalue weighted by molar-refractivity contribution is -0.123. The first-order chi connectivity index (χ1) is 9.96. The smallest absolute Gasteiger partial charge is 0.237 e. The van der Waals surface area contributed by atoms with Crippen LogP contribution >= 0.6 is 11.8 Å².